The van der Waals surface area contributed by atoms with Crippen LogP contribution in [-0.4, -0.2) is 53.9 Å². The van der Waals surface area contributed by atoms with E-state index in [0.717, 1.165) is 36.0 Å². The number of anilines is 2. The molecule has 1 saturated heterocycles. The van der Waals surface area contributed by atoms with Crippen molar-refractivity contribution in [3.05, 3.63) is 42.1 Å². The Morgan fingerprint density at radius 2 is 1.80 bits per heavy atom. The fourth-order valence-corrected chi connectivity index (χ4v) is 2.70. The number of nitrogens with zero attached hydrogens (tertiary/aromatic N) is 4. The molecule has 3 rings (SSSR count). The van der Waals surface area contributed by atoms with Crippen LogP contribution in [0.4, 0.5) is 16.3 Å². The number of amides is 2. The van der Waals surface area contributed by atoms with Crippen molar-refractivity contribution in [2.75, 3.05) is 43.0 Å². The van der Waals surface area contributed by atoms with Crippen molar-refractivity contribution < 1.29 is 9.53 Å². The van der Waals surface area contributed by atoms with Crippen molar-refractivity contribution in [1.29, 1.82) is 0 Å². The second-order valence-electron chi connectivity index (χ2n) is 5.89. The fraction of sp³-hybridized carbons (Fsp3) is 0.389. The molecule has 0 unspecified atom stereocenters. The number of piperazine rings is 1. The van der Waals surface area contributed by atoms with Gasteiger partial charge in [0.2, 0.25) is 0 Å². The molecule has 1 aromatic carbocycles. The van der Waals surface area contributed by atoms with Crippen LogP contribution in [0.2, 0.25) is 0 Å². The topological polar surface area (TPSA) is 70.6 Å². The highest BCUT2D eigenvalue weighted by Crippen LogP contribution is 2.17. The van der Waals surface area contributed by atoms with Gasteiger partial charge in [-0.25, -0.2) is 4.79 Å². The zero-order valence-corrected chi connectivity index (χ0v) is 14.6. The maximum absolute atomic E-state index is 12.4. The molecule has 1 aromatic heterocycles. The third-order valence-electron chi connectivity index (χ3n) is 4.09. The first kappa shape index (κ1) is 17.0. The van der Waals surface area contributed by atoms with Crippen LogP contribution in [0.15, 0.2) is 36.4 Å². The Labute approximate surface area is 147 Å². The Bertz CT molecular complexity index is 694. The molecule has 1 aliphatic rings. The number of hydrogen-bond donors (Lipinski definition) is 1. The van der Waals surface area contributed by atoms with Gasteiger partial charge in [0, 0.05) is 31.9 Å². The van der Waals surface area contributed by atoms with Gasteiger partial charge in [0.1, 0.15) is 5.75 Å². The van der Waals surface area contributed by atoms with Crippen molar-refractivity contribution in [2.45, 2.75) is 13.8 Å². The third kappa shape index (κ3) is 4.37. The smallest absolute Gasteiger partial charge is 0.321 e. The van der Waals surface area contributed by atoms with Gasteiger partial charge in [0.15, 0.2) is 5.82 Å². The molecule has 0 aliphatic carbocycles. The number of benzene rings is 1. The normalized spacial score (nSPS) is 14.3. The van der Waals surface area contributed by atoms with Gasteiger partial charge in [-0.15, -0.1) is 5.10 Å². The minimum atomic E-state index is -0.0844. The quantitative estimate of drug-likeness (QED) is 0.925. The minimum absolute atomic E-state index is 0.0844. The number of carbonyl (C=O) groups is 1. The lowest BCUT2D eigenvalue weighted by Gasteiger charge is -2.35. The second kappa shape index (κ2) is 7.83. The fourth-order valence-electron chi connectivity index (χ4n) is 2.70. The van der Waals surface area contributed by atoms with Gasteiger partial charge in [0.05, 0.1) is 12.3 Å². The average Bonchev–Trinajstić information content (AvgIpc) is 2.64. The van der Waals surface area contributed by atoms with Gasteiger partial charge in [-0.05, 0) is 50.2 Å². The largest absolute Gasteiger partial charge is 0.494 e. The lowest BCUT2D eigenvalue weighted by molar-refractivity contribution is 0.208. The standard InChI is InChI=1S/C18H23N5O2/c1-3-25-16-7-5-15(6-8-16)19-18(24)23-12-10-22(11-13-23)17-9-4-14(2)20-21-17/h4-9H,3,10-13H2,1-2H3,(H,19,24). The van der Waals surface area contributed by atoms with E-state index in [1.54, 1.807) is 0 Å². The summed E-state index contributed by atoms with van der Waals surface area (Å²) < 4.78 is 5.40. The second-order valence-corrected chi connectivity index (χ2v) is 5.89. The van der Waals surface area contributed by atoms with Gasteiger partial charge in [-0.3, -0.25) is 0 Å². The van der Waals surface area contributed by atoms with E-state index >= 15 is 0 Å². The SMILES string of the molecule is CCOc1ccc(NC(=O)N2CCN(c3ccc(C)nn3)CC2)cc1. The first-order valence-electron chi connectivity index (χ1n) is 8.50. The van der Waals surface area contributed by atoms with Gasteiger partial charge in [-0.1, -0.05) is 0 Å². The maximum atomic E-state index is 12.4. The summed E-state index contributed by atoms with van der Waals surface area (Å²) in [6.45, 7) is 7.28. The molecule has 7 heteroatoms. The summed E-state index contributed by atoms with van der Waals surface area (Å²) in [5.74, 6) is 1.66. The third-order valence-corrected chi connectivity index (χ3v) is 4.09. The van der Waals surface area contributed by atoms with E-state index in [0.29, 0.717) is 19.7 Å². The Hall–Kier alpha value is -2.83. The van der Waals surface area contributed by atoms with E-state index < -0.39 is 0 Å². The van der Waals surface area contributed by atoms with Crippen molar-refractivity contribution in [3.63, 3.8) is 0 Å². The van der Waals surface area contributed by atoms with Crippen molar-refractivity contribution >= 4 is 17.5 Å². The number of urea groups is 1. The van der Waals surface area contributed by atoms with E-state index in [1.807, 2.05) is 55.1 Å². The molecule has 0 atom stereocenters. The van der Waals surface area contributed by atoms with Gasteiger partial charge < -0.3 is 19.9 Å². The molecule has 1 fully saturated rings. The van der Waals surface area contributed by atoms with Crippen LogP contribution in [0, 0.1) is 6.92 Å². The molecule has 25 heavy (non-hydrogen) atoms. The summed E-state index contributed by atoms with van der Waals surface area (Å²) in [6.07, 6.45) is 0. The Balaban J connectivity index is 1.51. The molecule has 1 N–H and O–H groups in total. The summed E-state index contributed by atoms with van der Waals surface area (Å²) in [7, 11) is 0. The van der Waals surface area contributed by atoms with Crippen LogP contribution in [0.3, 0.4) is 0 Å². The number of nitrogens with one attached hydrogen (secondary N) is 1. The first-order chi connectivity index (χ1) is 12.2. The number of rotatable bonds is 4. The monoisotopic (exact) mass is 341 g/mol. The van der Waals surface area contributed by atoms with E-state index in [2.05, 4.69) is 20.4 Å². The highest BCUT2D eigenvalue weighted by molar-refractivity contribution is 5.89. The number of aromatic nitrogens is 2. The summed E-state index contributed by atoms with van der Waals surface area (Å²) in [5.41, 5.74) is 1.66. The number of aryl methyl sites for hydroxylation is 1. The molecule has 2 heterocycles. The summed E-state index contributed by atoms with van der Waals surface area (Å²) in [6, 6.07) is 11.2. The zero-order valence-electron chi connectivity index (χ0n) is 14.6. The number of carbonyl (C=O) groups excluding carboxylic acids is 1. The predicted molar refractivity (Wildman–Crippen MR) is 97.2 cm³/mol. The van der Waals surface area contributed by atoms with Crippen molar-refractivity contribution in [2.24, 2.45) is 0 Å². The Morgan fingerprint density at radius 1 is 1.08 bits per heavy atom. The van der Waals surface area contributed by atoms with Crippen LogP contribution in [0.25, 0.3) is 0 Å². The molecule has 0 spiro atoms. The van der Waals surface area contributed by atoms with Crippen LogP contribution >= 0.6 is 0 Å². The minimum Gasteiger partial charge on any atom is -0.494 e. The Morgan fingerprint density at radius 3 is 2.40 bits per heavy atom. The highest BCUT2D eigenvalue weighted by Gasteiger charge is 2.22. The number of hydrogen-bond acceptors (Lipinski definition) is 5. The molecule has 1 aliphatic heterocycles. The van der Waals surface area contributed by atoms with Gasteiger partial charge in [-0.2, -0.15) is 5.10 Å². The van der Waals surface area contributed by atoms with E-state index in [4.69, 9.17) is 4.74 Å². The summed E-state index contributed by atoms with van der Waals surface area (Å²) in [4.78, 5) is 16.4. The number of ether oxygens (including phenoxy) is 1. The molecule has 132 valence electrons. The lowest BCUT2D eigenvalue weighted by Crippen LogP contribution is -2.50. The zero-order chi connectivity index (χ0) is 17.6. The van der Waals surface area contributed by atoms with E-state index in [-0.39, 0.29) is 6.03 Å². The molecule has 2 amide bonds. The van der Waals surface area contributed by atoms with E-state index in [1.165, 1.54) is 0 Å². The summed E-state index contributed by atoms with van der Waals surface area (Å²) in [5, 5.41) is 11.2. The molecule has 2 aromatic rings. The van der Waals surface area contributed by atoms with Crippen molar-refractivity contribution in [3.8, 4) is 5.75 Å². The molecule has 0 saturated carbocycles. The predicted octanol–water partition coefficient (Wildman–Crippen LogP) is 2.54. The first-order valence-corrected chi connectivity index (χ1v) is 8.50. The maximum Gasteiger partial charge on any atom is 0.321 e. The molecule has 0 bridgehead atoms. The van der Waals surface area contributed by atoms with Crippen molar-refractivity contribution in [1.82, 2.24) is 15.1 Å². The summed E-state index contributed by atoms with van der Waals surface area (Å²) >= 11 is 0. The van der Waals surface area contributed by atoms with Crippen LogP contribution in [0.5, 0.6) is 5.75 Å². The van der Waals surface area contributed by atoms with Gasteiger partial charge >= 0.3 is 6.03 Å². The Kier molecular flexibility index (Phi) is 5.33. The lowest BCUT2D eigenvalue weighted by atomic mass is 10.3. The van der Waals surface area contributed by atoms with Crippen LogP contribution in [0.1, 0.15) is 12.6 Å². The van der Waals surface area contributed by atoms with Gasteiger partial charge in [0.25, 0.3) is 0 Å². The molecule has 0 radical (unpaired) electrons. The average molecular weight is 341 g/mol. The molecular formula is C18H23N5O2. The highest BCUT2D eigenvalue weighted by atomic mass is 16.5. The molecular weight excluding hydrogens is 318 g/mol. The van der Waals surface area contributed by atoms with Crippen LogP contribution < -0.4 is 15.0 Å². The van der Waals surface area contributed by atoms with E-state index in [9.17, 15) is 4.79 Å². The molecule has 7 nitrogen and oxygen atoms in total. The van der Waals surface area contributed by atoms with Crippen LogP contribution in [-0.2, 0) is 0 Å².